The largest absolute Gasteiger partial charge is 0.497 e. The van der Waals surface area contributed by atoms with Crippen LogP contribution in [-0.4, -0.2) is 37.5 Å². The lowest BCUT2D eigenvalue weighted by atomic mass is 9.90. The molecule has 0 aliphatic carbocycles. The first-order valence-electron chi connectivity index (χ1n) is 6.75. The van der Waals surface area contributed by atoms with Crippen LogP contribution in [0, 0.1) is 0 Å². The van der Waals surface area contributed by atoms with E-state index in [1.165, 1.54) is 31.5 Å². The number of benzene rings is 1. The van der Waals surface area contributed by atoms with Crippen molar-refractivity contribution in [1.29, 1.82) is 0 Å². The Labute approximate surface area is 127 Å². The van der Waals surface area contributed by atoms with Crippen molar-refractivity contribution in [2.24, 2.45) is 0 Å². The Kier molecular flexibility index (Phi) is 7.59. The number of halogens is 2. The minimum atomic E-state index is 0. The van der Waals surface area contributed by atoms with E-state index in [1.54, 1.807) is 7.11 Å². The Hall–Kier alpha value is -0.440. The van der Waals surface area contributed by atoms with Crippen LogP contribution in [0.25, 0.3) is 0 Å². The van der Waals surface area contributed by atoms with Gasteiger partial charge in [-0.25, -0.2) is 0 Å². The van der Waals surface area contributed by atoms with E-state index in [0.717, 1.165) is 24.6 Å². The maximum absolute atomic E-state index is 5.77. The number of piperidine rings is 1. The van der Waals surface area contributed by atoms with Crippen molar-refractivity contribution >= 4 is 24.0 Å². The molecule has 1 aromatic carbocycles. The van der Waals surface area contributed by atoms with E-state index in [2.05, 4.69) is 29.2 Å². The number of likely N-dealkylation sites (tertiary alicyclic amines) is 1. The molecule has 1 atom stereocenters. The minimum Gasteiger partial charge on any atom is -0.497 e. The number of methoxy groups -OCH3 is 1. The molecular weight excluding hydrogens is 281 g/mol. The van der Waals surface area contributed by atoms with E-state index in [9.17, 15) is 0 Å². The van der Waals surface area contributed by atoms with Crippen LogP contribution in [0.15, 0.2) is 24.3 Å². The Balaban J connectivity index is 0.00000180. The second kappa shape index (κ2) is 8.68. The monoisotopic (exact) mass is 303 g/mol. The lowest BCUT2D eigenvalue weighted by Gasteiger charge is -2.32. The number of rotatable bonds is 5. The topological polar surface area (TPSA) is 12.5 Å². The van der Waals surface area contributed by atoms with Crippen LogP contribution < -0.4 is 4.74 Å². The molecule has 108 valence electrons. The lowest BCUT2D eigenvalue weighted by Crippen LogP contribution is -2.35. The van der Waals surface area contributed by atoms with Crippen molar-refractivity contribution in [2.75, 3.05) is 32.6 Å². The van der Waals surface area contributed by atoms with Crippen molar-refractivity contribution in [3.05, 3.63) is 29.8 Å². The van der Waals surface area contributed by atoms with Gasteiger partial charge in [-0.05, 0) is 56.0 Å². The molecule has 2 nitrogen and oxygen atoms in total. The van der Waals surface area contributed by atoms with E-state index in [-0.39, 0.29) is 12.4 Å². The molecule has 2 rings (SSSR count). The smallest absolute Gasteiger partial charge is 0.118 e. The van der Waals surface area contributed by atoms with Crippen LogP contribution in [-0.2, 0) is 0 Å². The fourth-order valence-corrected chi connectivity index (χ4v) is 2.81. The van der Waals surface area contributed by atoms with Gasteiger partial charge in [-0.3, -0.25) is 0 Å². The summed E-state index contributed by atoms with van der Waals surface area (Å²) >= 11 is 5.77. The molecule has 1 heterocycles. The number of alkyl halides is 1. The van der Waals surface area contributed by atoms with E-state index in [1.807, 2.05) is 0 Å². The maximum Gasteiger partial charge on any atom is 0.118 e. The molecule has 1 saturated heterocycles. The molecular formula is C15H23Cl2NO. The fourth-order valence-electron chi connectivity index (χ4n) is 2.69. The highest BCUT2D eigenvalue weighted by Crippen LogP contribution is 2.28. The molecule has 0 radical (unpaired) electrons. The van der Waals surface area contributed by atoms with Crippen molar-refractivity contribution in [2.45, 2.75) is 25.2 Å². The molecule has 0 N–H and O–H groups in total. The van der Waals surface area contributed by atoms with Gasteiger partial charge >= 0.3 is 0 Å². The van der Waals surface area contributed by atoms with Gasteiger partial charge in [0.1, 0.15) is 5.75 Å². The van der Waals surface area contributed by atoms with Gasteiger partial charge in [-0.1, -0.05) is 12.1 Å². The summed E-state index contributed by atoms with van der Waals surface area (Å²) in [5.41, 5.74) is 1.44. The Morgan fingerprint density at radius 1 is 1.32 bits per heavy atom. The molecule has 0 bridgehead atoms. The Bertz CT molecular complexity index is 356. The summed E-state index contributed by atoms with van der Waals surface area (Å²) in [6.45, 7) is 3.53. The normalized spacial score (nSPS) is 19.8. The summed E-state index contributed by atoms with van der Waals surface area (Å²) in [6.07, 6.45) is 3.68. The van der Waals surface area contributed by atoms with Crippen LogP contribution in [0.4, 0.5) is 0 Å². The van der Waals surface area contributed by atoms with Crippen molar-refractivity contribution < 1.29 is 4.74 Å². The van der Waals surface area contributed by atoms with Crippen LogP contribution in [0.5, 0.6) is 5.75 Å². The molecule has 1 aliphatic rings. The predicted molar refractivity (Wildman–Crippen MR) is 84.0 cm³/mol. The number of nitrogens with zero attached hydrogens (tertiary/aromatic N) is 1. The molecule has 0 spiro atoms. The molecule has 4 heteroatoms. The van der Waals surface area contributed by atoms with Crippen LogP contribution >= 0.6 is 24.0 Å². The van der Waals surface area contributed by atoms with E-state index in [0.29, 0.717) is 5.92 Å². The van der Waals surface area contributed by atoms with E-state index < -0.39 is 0 Å². The molecule has 1 fully saturated rings. The van der Waals surface area contributed by atoms with Gasteiger partial charge in [0, 0.05) is 12.4 Å². The van der Waals surface area contributed by atoms with Crippen LogP contribution in [0.1, 0.15) is 30.7 Å². The highest BCUT2D eigenvalue weighted by Gasteiger charge is 2.20. The first kappa shape index (κ1) is 16.6. The Morgan fingerprint density at radius 3 is 2.68 bits per heavy atom. The standard InChI is InChI=1S/C15H22ClNO.ClH/c1-18-15-7-5-13(6-8-15)14-4-2-10-17(12-14)11-3-9-16;/h5-8,14H,2-4,9-12H2,1H3;1H. The van der Waals surface area contributed by atoms with Crippen LogP contribution in [0.2, 0.25) is 0 Å². The highest BCUT2D eigenvalue weighted by molar-refractivity contribution is 6.17. The van der Waals surface area contributed by atoms with Crippen molar-refractivity contribution in [3.63, 3.8) is 0 Å². The third kappa shape index (κ3) is 4.87. The van der Waals surface area contributed by atoms with Crippen molar-refractivity contribution in [3.8, 4) is 5.75 Å². The van der Waals surface area contributed by atoms with Gasteiger partial charge in [0.15, 0.2) is 0 Å². The van der Waals surface area contributed by atoms with Gasteiger partial charge in [0.2, 0.25) is 0 Å². The summed E-state index contributed by atoms with van der Waals surface area (Å²) in [6, 6.07) is 8.53. The number of hydrogen-bond donors (Lipinski definition) is 0. The highest BCUT2D eigenvalue weighted by atomic mass is 35.5. The third-order valence-electron chi connectivity index (χ3n) is 3.70. The average molecular weight is 304 g/mol. The summed E-state index contributed by atoms with van der Waals surface area (Å²) in [5.74, 6) is 2.37. The van der Waals surface area contributed by atoms with Gasteiger partial charge < -0.3 is 9.64 Å². The second-order valence-corrected chi connectivity index (χ2v) is 5.33. The molecule has 19 heavy (non-hydrogen) atoms. The SMILES string of the molecule is COc1ccc(C2CCCN(CCCCl)C2)cc1.Cl. The van der Waals surface area contributed by atoms with E-state index >= 15 is 0 Å². The van der Waals surface area contributed by atoms with Gasteiger partial charge in [-0.15, -0.1) is 24.0 Å². The van der Waals surface area contributed by atoms with E-state index in [4.69, 9.17) is 16.3 Å². The zero-order chi connectivity index (χ0) is 12.8. The number of hydrogen-bond acceptors (Lipinski definition) is 2. The van der Waals surface area contributed by atoms with Crippen molar-refractivity contribution in [1.82, 2.24) is 4.90 Å². The zero-order valence-electron chi connectivity index (χ0n) is 11.5. The zero-order valence-corrected chi connectivity index (χ0v) is 13.1. The average Bonchev–Trinajstić information content (AvgIpc) is 2.45. The molecule has 0 saturated carbocycles. The molecule has 0 amide bonds. The predicted octanol–water partition coefficient (Wildman–Crippen LogP) is 3.93. The number of ether oxygens (including phenoxy) is 1. The quantitative estimate of drug-likeness (QED) is 0.764. The van der Waals surface area contributed by atoms with Crippen LogP contribution in [0.3, 0.4) is 0 Å². The van der Waals surface area contributed by atoms with Gasteiger partial charge in [0.25, 0.3) is 0 Å². The summed E-state index contributed by atoms with van der Waals surface area (Å²) in [5, 5.41) is 0. The molecule has 1 aromatic rings. The molecule has 0 aromatic heterocycles. The molecule has 1 unspecified atom stereocenters. The second-order valence-electron chi connectivity index (χ2n) is 4.96. The Morgan fingerprint density at radius 2 is 2.05 bits per heavy atom. The first-order chi connectivity index (χ1) is 8.83. The summed E-state index contributed by atoms with van der Waals surface area (Å²) in [7, 11) is 1.71. The first-order valence-corrected chi connectivity index (χ1v) is 7.29. The summed E-state index contributed by atoms with van der Waals surface area (Å²) < 4.78 is 5.21. The fraction of sp³-hybridized carbons (Fsp3) is 0.600. The van der Waals surface area contributed by atoms with Gasteiger partial charge in [-0.2, -0.15) is 0 Å². The third-order valence-corrected chi connectivity index (χ3v) is 3.97. The maximum atomic E-state index is 5.77. The van der Waals surface area contributed by atoms with Gasteiger partial charge in [0.05, 0.1) is 7.11 Å². The molecule has 1 aliphatic heterocycles. The lowest BCUT2D eigenvalue weighted by molar-refractivity contribution is 0.208. The minimum absolute atomic E-state index is 0. The summed E-state index contributed by atoms with van der Waals surface area (Å²) in [4.78, 5) is 2.54.